The normalized spacial score (nSPS) is 14.6. The van der Waals surface area contributed by atoms with E-state index in [0.29, 0.717) is 11.2 Å². The largest absolute Gasteiger partial charge is 0.429 e. The molecule has 6 heteroatoms. The zero-order chi connectivity index (χ0) is 13.2. The highest BCUT2D eigenvalue weighted by molar-refractivity contribution is 9.10. The van der Waals surface area contributed by atoms with Crippen LogP contribution >= 0.6 is 27.3 Å². The highest BCUT2D eigenvalue weighted by atomic mass is 79.9. The van der Waals surface area contributed by atoms with E-state index in [-0.39, 0.29) is 0 Å². The van der Waals surface area contributed by atoms with E-state index in [1.165, 1.54) is 24.2 Å². The summed E-state index contributed by atoms with van der Waals surface area (Å²) in [5.41, 5.74) is 1.08. The molecule has 0 atom stereocenters. The van der Waals surface area contributed by atoms with Gasteiger partial charge in [-0.3, -0.25) is 0 Å². The van der Waals surface area contributed by atoms with Crippen molar-refractivity contribution in [1.82, 2.24) is 15.5 Å². The summed E-state index contributed by atoms with van der Waals surface area (Å²) in [4.78, 5) is 0. The molecule has 0 spiro atoms. The van der Waals surface area contributed by atoms with E-state index in [9.17, 15) is 0 Å². The molecule has 4 nitrogen and oxygen atoms in total. The zero-order valence-corrected chi connectivity index (χ0v) is 12.9. The van der Waals surface area contributed by atoms with Crippen molar-refractivity contribution in [3.63, 3.8) is 0 Å². The second-order valence-corrected chi connectivity index (χ2v) is 6.57. The van der Waals surface area contributed by atoms with Crippen molar-refractivity contribution in [2.24, 2.45) is 0 Å². The highest BCUT2D eigenvalue weighted by Gasteiger charge is 2.20. The molecule has 1 aromatic heterocycles. The first-order valence-electron chi connectivity index (χ1n) is 6.20. The number of benzene rings is 1. The molecular weight excluding hydrogens is 326 g/mol. The molecule has 0 bridgehead atoms. The second kappa shape index (κ2) is 5.56. The van der Waals surface area contributed by atoms with E-state index >= 15 is 0 Å². The lowest BCUT2D eigenvalue weighted by Gasteiger charge is -2.05. The van der Waals surface area contributed by atoms with E-state index in [1.54, 1.807) is 0 Å². The first kappa shape index (κ1) is 13.0. The number of halogens is 1. The Morgan fingerprint density at radius 3 is 3.05 bits per heavy atom. The van der Waals surface area contributed by atoms with Gasteiger partial charge in [0, 0.05) is 10.5 Å². The maximum atomic E-state index is 5.78. The Morgan fingerprint density at radius 1 is 1.42 bits per heavy atom. The number of aromatic nitrogens is 2. The molecule has 0 saturated heterocycles. The van der Waals surface area contributed by atoms with Crippen LogP contribution in [0.1, 0.15) is 23.4 Å². The predicted octanol–water partition coefficient (Wildman–Crippen LogP) is 3.65. The third-order valence-electron chi connectivity index (χ3n) is 2.92. The topological polar surface area (TPSA) is 47.0 Å². The van der Waals surface area contributed by atoms with E-state index in [1.807, 2.05) is 25.1 Å². The fourth-order valence-corrected chi connectivity index (χ4v) is 2.64. The summed E-state index contributed by atoms with van der Waals surface area (Å²) >= 11 is 4.93. The summed E-state index contributed by atoms with van der Waals surface area (Å²) in [6.07, 6.45) is 2.55. The van der Waals surface area contributed by atoms with Crippen LogP contribution in [0.15, 0.2) is 22.7 Å². The van der Waals surface area contributed by atoms with Gasteiger partial charge in [0.05, 0.1) is 6.54 Å². The highest BCUT2D eigenvalue weighted by Crippen LogP contribution is 2.30. The first-order chi connectivity index (χ1) is 9.20. The molecule has 1 aliphatic carbocycles. The maximum absolute atomic E-state index is 5.78. The Kier molecular flexibility index (Phi) is 3.81. The minimum Gasteiger partial charge on any atom is -0.429 e. The molecule has 1 fully saturated rings. The molecule has 100 valence electrons. The van der Waals surface area contributed by atoms with Crippen LogP contribution in [0.4, 0.5) is 0 Å². The molecule has 2 aromatic rings. The first-order valence-corrected chi connectivity index (χ1v) is 7.81. The van der Waals surface area contributed by atoms with Gasteiger partial charge >= 0.3 is 0 Å². The number of rotatable bonds is 5. The van der Waals surface area contributed by atoms with Crippen LogP contribution in [0.3, 0.4) is 0 Å². The van der Waals surface area contributed by atoms with Gasteiger partial charge in [-0.1, -0.05) is 38.4 Å². The van der Waals surface area contributed by atoms with Gasteiger partial charge in [0.1, 0.15) is 10.8 Å². The molecule has 3 rings (SSSR count). The van der Waals surface area contributed by atoms with Crippen LogP contribution in [0.5, 0.6) is 10.9 Å². The average Bonchev–Trinajstić information content (AvgIpc) is 3.12. The molecule has 0 radical (unpaired) electrons. The molecule has 19 heavy (non-hydrogen) atoms. The maximum Gasteiger partial charge on any atom is 0.299 e. The molecule has 0 amide bonds. The average molecular weight is 340 g/mol. The number of nitrogens with zero attached hydrogens (tertiary/aromatic N) is 2. The van der Waals surface area contributed by atoms with Crippen molar-refractivity contribution in [2.45, 2.75) is 32.4 Å². The Bertz CT molecular complexity index is 583. The quantitative estimate of drug-likeness (QED) is 0.903. The number of nitrogens with one attached hydrogen (secondary N) is 1. The minimum absolute atomic E-state index is 0.591. The van der Waals surface area contributed by atoms with Gasteiger partial charge in [0.25, 0.3) is 5.19 Å². The zero-order valence-electron chi connectivity index (χ0n) is 10.5. The van der Waals surface area contributed by atoms with Gasteiger partial charge in [-0.15, -0.1) is 5.10 Å². The monoisotopic (exact) mass is 339 g/mol. The summed E-state index contributed by atoms with van der Waals surface area (Å²) in [6.45, 7) is 2.79. The fraction of sp³-hybridized carbons (Fsp3) is 0.385. The smallest absolute Gasteiger partial charge is 0.299 e. The minimum atomic E-state index is 0.591. The van der Waals surface area contributed by atoms with Gasteiger partial charge in [-0.2, -0.15) is 0 Å². The van der Waals surface area contributed by atoms with Crippen molar-refractivity contribution in [2.75, 3.05) is 0 Å². The lowest BCUT2D eigenvalue weighted by Crippen LogP contribution is -2.14. The standard InChI is InChI=1S/C13H14BrN3OS/c1-8-2-3-9(14)6-11(8)18-13-17-16-12(19-13)7-15-10-4-5-10/h2-3,6,10,15H,4-5,7H2,1H3. The van der Waals surface area contributed by atoms with Gasteiger partial charge in [-0.05, 0) is 37.5 Å². The van der Waals surface area contributed by atoms with Crippen LogP contribution in [0.25, 0.3) is 0 Å². The summed E-state index contributed by atoms with van der Waals surface area (Å²) in [6, 6.07) is 6.63. The molecule has 1 N–H and O–H groups in total. The Labute approximate surface area is 124 Å². The molecule has 1 aliphatic rings. The third kappa shape index (κ3) is 3.52. The van der Waals surface area contributed by atoms with Crippen molar-refractivity contribution in [3.05, 3.63) is 33.2 Å². The second-order valence-electron chi connectivity index (χ2n) is 4.63. The SMILES string of the molecule is Cc1ccc(Br)cc1Oc1nnc(CNC2CC2)s1. The predicted molar refractivity (Wildman–Crippen MR) is 78.7 cm³/mol. The Morgan fingerprint density at radius 2 is 2.26 bits per heavy atom. The van der Waals surface area contributed by atoms with Crippen LogP contribution in [-0.4, -0.2) is 16.2 Å². The summed E-state index contributed by atoms with van der Waals surface area (Å²) in [5.74, 6) is 0.812. The van der Waals surface area contributed by atoms with Gasteiger partial charge < -0.3 is 10.1 Å². The number of hydrogen-bond donors (Lipinski definition) is 1. The number of aryl methyl sites for hydroxylation is 1. The molecule has 0 aliphatic heterocycles. The summed E-state index contributed by atoms with van der Waals surface area (Å²) < 4.78 is 6.77. The molecule has 1 saturated carbocycles. The Hall–Kier alpha value is -0.980. The lowest BCUT2D eigenvalue weighted by atomic mass is 10.2. The Balaban J connectivity index is 1.66. The number of hydrogen-bond acceptors (Lipinski definition) is 5. The van der Waals surface area contributed by atoms with Gasteiger partial charge in [0.15, 0.2) is 0 Å². The third-order valence-corrected chi connectivity index (χ3v) is 4.21. The van der Waals surface area contributed by atoms with Crippen LogP contribution in [0.2, 0.25) is 0 Å². The van der Waals surface area contributed by atoms with E-state index in [0.717, 1.165) is 27.3 Å². The van der Waals surface area contributed by atoms with Crippen LogP contribution < -0.4 is 10.1 Å². The van der Waals surface area contributed by atoms with Crippen molar-refractivity contribution in [3.8, 4) is 10.9 Å². The summed E-state index contributed by atoms with van der Waals surface area (Å²) in [7, 11) is 0. The van der Waals surface area contributed by atoms with Crippen LogP contribution in [0, 0.1) is 6.92 Å². The fourth-order valence-electron chi connectivity index (χ4n) is 1.65. The molecular formula is C13H14BrN3OS. The van der Waals surface area contributed by atoms with Crippen molar-refractivity contribution < 1.29 is 4.74 Å². The number of ether oxygens (including phenoxy) is 1. The van der Waals surface area contributed by atoms with Gasteiger partial charge in [-0.25, -0.2) is 0 Å². The van der Waals surface area contributed by atoms with E-state index in [2.05, 4.69) is 31.4 Å². The van der Waals surface area contributed by atoms with Crippen LogP contribution in [-0.2, 0) is 6.54 Å². The molecule has 1 heterocycles. The van der Waals surface area contributed by atoms with E-state index in [4.69, 9.17) is 4.74 Å². The molecule has 1 aromatic carbocycles. The van der Waals surface area contributed by atoms with E-state index < -0.39 is 0 Å². The summed E-state index contributed by atoms with van der Waals surface area (Å²) in [5, 5.41) is 13.2. The van der Waals surface area contributed by atoms with Gasteiger partial charge in [0.2, 0.25) is 0 Å². The van der Waals surface area contributed by atoms with Crippen molar-refractivity contribution in [1.29, 1.82) is 0 Å². The lowest BCUT2D eigenvalue weighted by molar-refractivity contribution is 0.469. The van der Waals surface area contributed by atoms with Crippen molar-refractivity contribution >= 4 is 27.3 Å². The molecule has 0 unspecified atom stereocenters.